The summed E-state index contributed by atoms with van der Waals surface area (Å²) in [4.78, 5) is 5.45. The van der Waals surface area contributed by atoms with E-state index in [1.54, 1.807) is 11.3 Å². The fourth-order valence-corrected chi connectivity index (χ4v) is 1.84. The number of rotatable bonds is 3. The van der Waals surface area contributed by atoms with Gasteiger partial charge in [-0.25, -0.2) is 4.98 Å². The predicted octanol–water partition coefficient (Wildman–Crippen LogP) is 2.01. The van der Waals surface area contributed by atoms with Crippen LogP contribution in [0, 0.1) is 18.3 Å². The quantitative estimate of drug-likeness (QED) is 0.802. The molecule has 1 N–H and O–H groups in total. The molecule has 4 heteroatoms. The van der Waals surface area contributed by atoms with Crippen LogP contribution in [-0.4, -0.2) is 11.0 Å². The molecule has 3 nitrogen and oxygen atoms in total. The standard InChI is InChI=1S/C9H13N3S/c1-6(4-10)12-8(3)9-11-5-7(2)13-9/h5-6,8,12H,1-3H3. The number of hydrogen-bond donors (Lipinski definition) is 1. The van der Waals surface area contributed by atoms with Crippen molar-refractivity contribution >= 4 is 11.3 Å². The molecule has 0 aromatic carbocycles. The van der Waals surface area contributed by atoms with Gasteiger partial charge in [-0.05, 0) is 20.8 Å². The lowest BCUT2D eigenvalue weighted by Crippen LogP contribution is -2.27. The Balaban J connectivity index is 2.59. The van der Waals surface area contributed by atoms with Crippen LogP contribution in [0.5, 0.6) is 0 Å². The number of aryl methyl sites for hydroxylation is 1. The van der Waals surface area contributed by atoms with Gasteiger partial charge in [-0.1, -0.05) is 0 Å². The van der Waals surface area contributed by atoms with Gasteiger partial charge < -0.3 is 0 Å². The Kier molecular flexibility index (Phi) is 3.40. The third-order valence-electron chi connectivity index (χ3n) is 1.70. The van der Waals surface area contributed by atoms with Gasteiger partial charge in [-0.15, -0.1) is 11.3 Å². The van der Waals surface area contributed by atoms with Gasteiger partial charge in [0.2, 0.25) is 0 Å². The molecule has 0 saturated heterocycles. The van der Waals surface area contributed by atoms with Crippen molar-refractivity contribution < 1.29 is 0 Å². The van der Waals surface area contributed by atoms with Gasteiger partial charge in [0, 0.05) is 11.1 Å². The summed E-state index contributed by atoms with van der Waals surface area (Å²) < 4.78 is 0. The fraction of sp³-hybridized carbons (Fsp3) is 0.556. The maximum Gasteiger partial charge on any atom is 0.109 e. The molecular formula is C9H13N3S. The van der Waals surface area contributed by atoms with Gasteiger partial charge in [0.05, 0.1) is 18.2 Å². The monoisotopic (exact) mass is 195 g/mol. The maximum absolute atomic E-state index is 8.61. The minimum atomic E-state index is -0.126. The van der Waals surface area contributed by atoms with Crippen molar-refractivity contribution in [3.8, 4) is 6.07 Å². The zero-order valence-corrected chi connectivity index (χ0v) is 8.85. The highest BCUT2D eigenvalue weighted by atomic mass is 32.1. The lowest BCUT2D eigenvalue weighted by atomic mass is 10.3. The van der Waals surface area contributed by atoms with Crippen molar-refractivity contribution in [2.24, 2.45) is 0 Å². The Morgan fingerprint density at radius 2 is 2.31 bits per heavy atom. The van der Waals surface area contributed by atoms with E-state index in [9.17, 15) is 0 Å². The second-order valence-corrected chi connectivity index (χ2v) is 4.31. The van der Waals surface area contributed by atoms with Gasteiger partial charge in [-0.2, -0.15) is 5.26 Å². The number of aromatic nitrogens is 1. The normalized spacial score (nSPS) is 14.9. The highest BCUT2D eigenvalue weighted by Crippen LogP contribution is 2.18. The topological polar surface area (TPSA) is 48.7 Å². The maximum atomic E-state index is 8.61. The summed E-state index contributed by atoms with van der Waals surface area (Å²) in [5.74, 6) is 0. The SMILES string of the molecule is Cc1cnc(C(C)NC(C)C#N)s1. The van der Waals surface area contributed by atoms with E-state index in [2.05, 4.69) is 16.4 Å². The minimum absolute atomic E-state index is 0.126. The summed E-state index contributed by atoms with van der Waals surface area (Å²) in [6, 6.07) is 2.17. The van der Waals surface area contributed by atoms with E-state index < -0.39 is 0 Å². The Morgan fingerprint density at radius 1 is 1.62 bits per heavy atom. The second kappa shape index (κ2) is 4.35. The molecule has 0 aliphatic rings. The summed E-state index contributed by atoms with van der Waals surface area (Å²) >= 11 is 1.67. The van der Waals surface area contributed by atoms with Crippen molar-refractivity contribution in [2.45, 2.75) is 32.9 Å². The zero-order valence-electron chi connectivity index (χ0n) is 8.03. The Labute approximate surface area is 82.4 Å². The summed E-state index contributed by atoms with van der Waals surface area (Å²) in [7, 11) is 0. The van der Waals surface area contributed by atoms with E-state index in [-0.39, 0.29) is 12.1 Å². The molecule has 0 bridgehead atoms. The average Bonchev–Trinajstić information content (AvgIpc) is 2.51. The molecule has 0 fully saturated rings. The van der Waals surface area contributed by atoms with Crippen LogP contribution in [0.2, 0.25) is 0 Å². The first-order valence-electron chi connectivity index (χ1n) is 4.21. The molecule has 0 aliphatic heterocycles. The molecule has 1 aromatic rings. The van der Waals surface area contributed by atoms with Crippen molar-refractivity contribution in [3.05, 3.63) is 16.1 Å². The molecule has 2 atom stereocenters. The number of nitriles is 1. The van der Waals surface area contributed by atoms with E-state index in [0.717, 1.165) is 5.01 Å². The summed E-state index contributed by atoms with van der Waals surface area (Å²) in [6.07, 6.45) is 1.86. The van der Waals surface area contributed by atoms with Crippen LogP contribution in [0.1, 0.15) is 29.8 Å². The molecule has 1 rings (SSSR count). The van der Waals surface area contributed by atoms with E-state index in [1.807, 2.05) is 27.0 Å². The van der Waals surface area contributed by atoms with E-state index in [1.165, 1.54) is 4.88 Å². The Bertz CT molecular complexity index is 313. The summed E-state index contributed by atoms with van der Waals surface area (Å²) in [6.45, 7) is 5.89. The first-order chi connectivity index (χ1) is 6.13. The van der Waals surface area contributed by atoms with Crippen molar-refractivity contribution in [3.63, 3.8) is 0 Å². The number of thiazole rings is 1. The smallest absolute Gasteiger partial charge is 0.109 e. The molecule has 1 heterocycles. The summed E-state index contributed by atoms with van der Waals surface area (Å²) in [5.41, 5.74) is 0. The van der Waals surface area contributed by atoms with Crippen LogP contribution in [0.25, 0.3) is 0 Å². The molecule has 2 unspecified atom stereocenters. The third kappa shape index (κ3) is 2.79. The van der Waals surface area contributed by atoms with Crippen LogP contribution in [0.4, 0.5) is 0 Å². The highest BCUT2D eigenvalue weighted by Gasteiger charge is 2.11. The molecule has 0 radical (unpaired) electrons. The second-order valence-electron chi connectivity index (χ2n) is 3.05. The van der Waals surface area contributed by atoms with E-state index in [4.69, 9.17) is 5.26 Å². The van der Waals surface area contributed by atoms with Crippen LogP contribution in [-0.2, 0) is 0 Å². The van der Waals surface area contributed by atoms with Crippen molar-refractivity contribution in [1.29, 1.82) is 5.26 Å². The van der Waals surface area contributed by atoms with Crippen LogP contribution < -0.4 is 5.32 Å². The van der Waals surface area contributed by atoms with E-state index >= 15 is 0 Å². The largest absolute Gasteiger partial charge is 0.293 e. The first-order valence-corrected chi connectivity index (χ1v) is 5.03. The molecular weight excluding hydrogens is 182 g/mol. The number of nitrogens with zero attached hydrogens (tertiary/aromatic N) is 2. The fourth-order valence-electron chi connectivity index (χ4n) is 1.06. The Morgan fingerprint density at radius 3 is 2.77 bits per heavy atom. The van der Waals surface area contributed by atoms with Crippen LogP contribution in [0.3, 0.4) is 0 Å². The van der Waals surface area contributed by atoms with Gasteiger partial charge >= 0.3 is 0 Å². The Hall–Kier alpha value is -0.920. The predicted molar refractivity (Wildman–Crippen MR) is 53.5 cm³/mol. The summed E-state index contributed by atoms with van der Waals surface area (Å²) in [5, 5.41) is 12.8. The van der Waals surface area contributed by atoms with Gasteiger partial charge in [-0.3, -0.25) is 5.32 Å². The van der Waals surface area contributed by atoms with Crippen LogP contribution in [0.15, 0.2) is 6.20 Å². The van der Waals surface area contributed by atoms with Crippen molar-refractivity contribution in [2.75, 3.05) is 0 Å². The number of nitrogens with one attached hydrogen (secondary N) is 1. The molecule has 0 aliphatic carbocycles. The number of hydrogen-bond acceptors (Lipinski definition) is 4. The first kappa shape index (κ1) is 10.2. The molecule has 0 amide bonds. The van der Waals surface area contributed by atoms with Crippen molar-refractivity contribution in [1.82, 2.24) is 10.3 Å². The van der Waals surface area contributed by atoms with Gasteiger partial charge in [0.1, 0.15) is 5.01 Å². The molecule has 0 spiro atoms. The molecule has 0 saturated carbocycles. The van der Waals surface area contributed by atoms with Gasteiger partial charge in [0.15, 0.2) is 0 Å². The lowest BCUT2D eigenvalue weighted by molar-refractivity contribution is 0.540. The minimum Gasteiger partial charge on any atom is -0.293 e. The highest BCUT2D eigenvalue weighted by molar-refractivity contribution is 7.11. The third-order valence-corrected chi connectivity index (χ3v) is 2.80. The van der Waals surface area contributed by atoms with E-state index in [0.29, 0.717) is 0 Å². The average molecular weight is 195 g/mol. The molecule has 70 valence electrons. The lowest BCUT2D eigenvalue weighted by Gasteiger charge is -2.11. The molecule has 1 aromatic heterocycles. The van der Waals surface area contributed by atoms with Gasteiger partial charge in [0.25, 0.3) is 0 Å². The zero-order chi connectivity index (χ0) is 9.84. The van der Waals surface area contributed by atoms with Crippen LogP contribution >= 0.6 is 11.3 Å². The molecule has 13 heavy (non-hydrogen) atoms.